The molecular weight excluding hydrogens is 230 g/mol. The summed E-state index contributed by atoms with van der Waals surface area (Å²) in [4.78, 5) is 2.23. The van der Waals surface area contributed by atoms with Crippen LogP contribution in [0.1, 0.15) is 38.5 Å². The van der Waals surface area contributed by atoms with Crippen LogP contribution in [0.25, 0.3) is 0 Å². The van der Waals surface area contributed by atoms with Crippen LogP contribution in [0.3, 0.4) is 0 Å². The molecule has 0 aromatic rings. The number of hydrogen-bond donors (Lipinski definition) is 2. The molecule has 1 rings (SSSR count). The molecule has 0 aromatic heterocycles. The van der Waals surface area contributed by atoms with Crippen LogP contribution in [0.5, 0.6) is 0 Å². The Hall–Kier alpha value is -0.160. The lowest BCUT2D eigenvalue weighted by Crippen LogP contribution is -2.42. The van der Waals surface area contributed by atoms with E-state index < -0.39 is 0 Å². The number of aliphatic hydroxyl groups is 2. The fourth-order valence-electron chi connectivity index (χ4n) is 2.95. The Bertz CT molecular complexity index is 203. The summed E-state index contributed by atoms with van der Waals surface area (Å²) in [7, 11) is 1.70. The molecule has 0 amide bonds. The van der Waals surface area contributed by atoms with Crippen molar-refractivity contribution in [3.63, 3.8) is 0 Å². The van der Waals surface area contributed by atoms with E-state index in [1.807, 2.05) is 0 Å². The molecule has 18 heavy (non-hydrogen) atoms. The van der Waals surface area contributed by atoms with Gasteiger partial charge in [0.2, 0.25) is 0 Å². The van der Waals surface area contributed by atoms with Crippen molar-refractivity contribution >= 4 is 0 Å². The minimum absolute atomic E-state index is 0.0411. The first-order chi connectivity index (χ1) is 8.76. The summed E-state index contributed by atoms with van der Waals surface area (Å²) in [6.07, 6.45) is 7.24. The van der Waals surface area contributed by atoms with Gasteiger partial charge in [0.25, 0.3) is 0 Å². The van der Waals surface area contributed by atoms with Gasteiger partial charge in [-0.1, -0.05) is 25.7 Å². The van der Waals surface area contributed by atoms with E-state index >= 15 is 0 Å². The highest BCUT2D eigenvalue weighted by atomic mass is 16.5. The fraction of sp³-hybridized carbons (Fsp3) is 1.00. The molecule has 1 aliphatic rings. The second-order valence-electron chi connectivity index (χ2n) is 5.56. The molecular formula is C14H29NO3. The second kappa shape index (κ2) is 8.86. The minimum Gasteiger partial charge on any atom is -0.396 e. The summed E-state index contributed by atoms with van der Waals surface area (Å²) < 4.78 is 5.11. The van der Waals surface area contributed by atoms with Crippen LogP contribution in [0.4, 0.5) is 0 Å². The highest BCUT2D eigenvalue weighted by molar-refractivity contribution is 4.84. The van der Waals surface area contributed by atoms with Crippen molar-refractivity contribution in [3.8, 4) is 0 Å². The largest absolute Gasteiger partial charge is 0.396 e. The lowest BCUT2D eigenvalue weighted by molar-refractivity contribution is 0.0407. The quantitative estimate of drug-likeness (QED) is 0.644. The molecule has 4 nitrogen and oxygen atoms in total. The van der Waals surface area contributed by atoms with E-state index in [0.717, 1.165) is 25.9 Å². The Kier molecular flexibility index (Phi) is 7.82. The van der Waals surface area contributed by atoms with E-state index in [1.165, 1.54) is 25.7 Å². The molecule has 0 heterocycles. The lowest BCUT2D eigenvalue weighted by atomic mass is 9.80. The van der Waals surface area contributed by atoms with Gasteiger partial charge < -0.3 is 14.9 Å². The highest BCUT2D eigenvalue weighted by Gasteiger charge is 2.32. The van der Waals surface area contributed by atoms with Gasteiger partial charge in [-0.25, -0.2) is 0 Å². The van der Waals surface area contributed by atoms with E-state index in [9.17, 15) is 5.11 Å². The van der Waals surface area contributed by atoms with Gasteiger partial charge in [-0.05, 0) is 12.8 Å². The molecule has 0 saturated heterocycles. The van der Waals surface area contributed by atoms with Crippen molar-refractivity contribution in [1.29, 1.82) is 0 Å². The van der Waals surface area contributed by atoms with Crippen molar-refractivity contribution in [2.24, 2.45) is 5.41 Å². The van der Waals surface area contributed by atoms with Gasteiger partial charge in [0.1, 0.15) is 0 Å². The first-order valence-corrected chi connectivity index (χ1v) is 7.19. The van der Waals surface area contributed by atoms with Gasteiger partial charge in [0, 0.05) is 38.8 Å². The number of rotatable bonds is 8. The summed E-state index contributed by atoms with van der Waals surface area (Å²) >= 11 is 0. The molecule has 1 fully saturated rings. The Balaban J connectivity index is 2.55. The summed E-state index contributed by atoms with van der Waals surface area (Å²) in [6.45, 7) is 3.51. The van der Waals surface area contributed by atoms with E-state index in [1.54, 1.807) is 7.11 Å². The molecule has 0 radical (unpaired) electrons. The third-order valence-electron chi connectivity index (χ3n) is 4.09. The standard InChI is InChI=1S/C14H29NO3/c1-18-11-9-15(8-10-16)12-14(13-17)6-4-2-3-5-7-14/h16-17H,2-13H2,1H3. The summed E-state index contributed by atoms with van der Waals surface area (Å²) in [5.74, 6) is 0. The zero-order chi connectivity index (χ0) is 13.3. The van der Waals surface area contributed by atoms with Crippen LogP contribution in [-0.2, 0) is 4.74 Å². The SMILES string of the molecule is COCCN(CCO)CC1(CO)CCCCCC1. The first-order valence-electron chi connectivity index (χ1n) is 7.19. The first kappa shape index (κ1) is 15.9. The number of nitrogens with zero attached hydrogens (tertiary/aromatic N) is 1. The topological polar surface area (TPSA) is 52.9 Å². The van der Waals surface area contributed by atoms with Crippen molar-refractivity contribution in [2.45, 2.75) is 38.5 Å². The minimum atomic E-state index is 0.0411. The van der Waals surface area contributed by atoms with Crippen molar-refractivity contribution in [2.75, 3.05) is 46.6 Å². The normalized spacial score (nSPS) is 20.0. The molecule has 1 saturated carbocycles. The molecule has 2 N–H and O–H groups in total. The molecule has 108 valence electrons. The third-order valence-corrected chi connectivity index (χ3v) is 4.09. The van der Waals surface area contributed by atoms with E-state index in [4.69, 9.17) is 9.84 Å². The van der Waals surface area contributed by atoms with E-state index in [2.05, 4.69) is 4.90 Å². The molecule has 0 aromatic carbocycles. The van der Waals surface area contributed by atoms with Crippen molar-refractivity contribution in [3.05, 3.63) is 0 Å². The number of hydrogen-bond acceptors (Lipinski definition) is 4. The second-order valence-corrected chi connectivity index (χ2v) is 5.56. The molecule has 0 spiro atoms. The zero-order valence-electron chi connectivity index (χ0n) is 11.7. The maximum atomic E-state index is 9.79. The predicted molar refractivity (Wildman–Crippen MR) is 72.6 cm³/mol. The van der Waals surface area contributed by atoms with Gasteiger partial charge >= 0.3 is 0 Å². The van der Waals surface area contributed by atoms with Crippen LogP contribution < -0.4 is 0 Å². The molecule has 1 aliphatic carbocycles. The lowest BCUT2D eigenvalue weighted by Gasteiger charge is -2.36. The molecule has 0 bridgehead atoms. The molecule has 0 unspecified atom stereocenters. The van der Waals surface area contributed by atoms with Crippen LogP contribution in [-0.4, -0.2) is 61.7 Å². The molecule has 4 heteroatoms. The van der Waals surface area contributed by atoms with Crippen LogP contribution >= 0.6 is 0 Å². The van der Waals surface area contributed by atoms with Crippen molar-refractivity contribution in [1.82, 2.24) is 4.90 Å². The smallest absolute Gasteiger partial charge is 0.0589 e. The van der Waals surface area contributed by atoms with Gasteiger partial charge in [0.15, 0.2) is 0 Å². The fourth-order valence-corrected chi connectivity index (χ4v) is 2.95. The van der Waals surface area contributed by atoms with E-state index in [0.29, 0.717) is 13.2 Å². The van der Waals surface area contributed by atoms with Gasteiger partial charge in [0.05, 0.1) is 13.2 Å². The molecule has 0 atom stereocenters. The Morgan fingerprint density at radius 3 is 2.22 bits per heavy atom. The predicted octanol–water partition coefficient (Wildman–Crippen LogP) is 1.26. The van der Waals surface area contributed by atoms with Gasteiger partial charge in [-0.2, -0.15) is 0 Å². The van der Waals surface area contributed by atoms with E-state index in [-0.39, 0.29) is 18.6 Å². The zero-order valence-corrected chi connectivity index (χ0v) is 11.7. The number of methoxy groups -OCH3 is 1. The summed E-state index contributed by atoms with van der Waals surface area (Å²) in [6, 6.07) is 0. The van der Waals surface area contributed by atoms with Crippen LogP contribution in [0.2, 0.25) is 0 Å². The Morgan fingerprint density at radius 1 is 1.06 bits per heavy atom. The maximum Gasteiger partial charge on any atom is 0.0589 e. The summed E-state index contributed by atoms with van der Waals surface area (Å²) in [5.41, 5.74) is 0.0411. The van der Waals surface area contributed by atoms with Crippen LogP contribution in [0.15, 0.2) is 0 Å². The average molecular weight is 259 g/mol. The summed E-state index contributed by atoms with van der Waals surface area (Å²) in [5, 5.41) is 18.9. The average Bonchev–Trinajstić information content (AvgIpc) is 2.62. The monoisotopic (exact) mass is 259 g/mol. The van der Waals surface area contributed by atoms with Crippen molar-refractivity contribution < 1.29 is 14.9 Å². The number of aliphatic hydroxyl groups excluding tert-OH is 2. The third kappa shape index (κ3) is 5.22. The Morgan fingerprint density at radius 2 is 1.72 bits per heavy atom. The maximum absolute atomic E-state index is 9.79. The number of ether oxygens (including phenoxy) is 1. The van der Waals surface area contributed by atoms with Gasteiger partial charge in [-0.15, -0.1) is 0 Å². The van der Waals surface area contributed by atoms with Crippen LogP contribution in [0, 0.1) is 5.41 Å². The Labute approximate surface area is 111 Å². The molecule has 0 aliphatic heterocycles. The highest BCUT2D eigenvalue weighted by Crippen LogP contribution is 2.35. The van der Waals surface area contributed by atoms with Gasteiger partial charge in [-0.3, -0.25) is 4.90 Å².